The van der Waals surface area contributed by atoms with Gasteiger partial charge in [0, 0.05) is 5.92 Å². The van der Waals surface area contributed by atoms with E-state index in [1.165, 1.54) is 44.9 Å². The fourth-order valence-electron chi connectivity index (χ4n) is 3.54. The third kappa shape index (κ3) is 4.23. The number of amides is 1. The maximum Gasteiger partial charge on any atom is 0.224 e. The predicted molar refractivity (Wildman–Crippen MR) is 75.3 cm³/mol. The maximum absolute atomic E-state index is 12.3. The molecule has 0 radical (unpaired) electrons. The second-order valence-electron chi connectivity index (χ2n) is 6.20. The highest BCUT2D eigenvalue weighted by atomic mass is 16.1. The van der Waals surface area contributed by atoms with Crippen LogP contribution in [0.2, 0.25) is 0 Å². The molecule has 0 saturated heterocycles. The normalized spacial score (nSPS) is 24.2. The molecule has 1 atom stereocenters. The van der Waals surface area contributed by atoms with Crippen LogP contribution in [-0.4, -0.2) is 11.9 Å². The van der Waals surface area contributed by atoms with E-state index in [9.17, 15) is 10.1 Å². The standard InChI is InChI=1S/C16H26N2O/c17-12-15(13-8-6-3-7-9-13)18-16(19)14-10-4-1-2-5-11-14/h13-15H,1-11H2,(H,18,19). The van der Waals surface area contributed by atoms with Gasteiger partial charge in [-0.1, -0.05) is 44.9 Å². The van der Waals surface area contributed by atoms with E-state index in [-0.39, 0.29) is 17.9 Å². The van der Waals surface area contributed by atoms with E-state index in [1.807, 2.05) is 0 Å². The van der Waals surface area contributed by atoms with Crippen LogP contribution in [-0.2, 0) is 4.79 Å². The minimum Gasteiger partial charge on any atom is -0.340 e. The molecule has 1 N–H and O–H groups in total. The molecule has 1 unspecified atom stereocenters. The van der Waals surface area contributed by atoms with Crippen LogP contribution in [0.3, 0.4) is 0 Å². The summed E-state index contributed by atoms with van der Waals surface area (Å²) in [5.74, 6) is 0.675. The lowest BCUT2D eigenvalue weighted by Crippen LogP contribution is -2.42. The van der Waals surface area contributed by atoms with E-state index in [0.29, 0.717) is 5.92 Å². The molecule has 0 heterocycles. The lowest BCUT2D eigenvalue weighted by atomic mass is 9.84. The largest absolute Gasteiger partial charge is 0.340 e. The predicted octanol–water partition coefficient (Wildman–Crippen LogP) is 3.55. The van der Waals surface area contributed by atoms with Crippen molar-refractivity contribution in [2.24, 2.45) is 11.8 Å². The topological polar surface area (TPSA) is 52.9 Å². The van der Waals surface area contributed by atoms with Crippen molar-refractivity contribution >= 4 is 5.91 Å². The van der Waals surface area contributed by atoms with Crippen LogP contribution in [0.25, 0.3) is 0 Å². The summed E-state index contributed by atoms with van der Waals surface area (Å²) in [6, 6.07) is 2.07. The monoisotopic (exact) mass is 262 g/mol. The van der Waals surface area contributed by atoms with E-state index < -0.39 is 0 Å². The van der Waals surface area contributed by atoms with Crippen molar-refractivity contribution in [3.8, 4) is 6.07 Å². The molecule has 2 aliphatic carbocycles. The van der Waals surface area contributed by atoms with Crippen LogP contribution < -0.4 is 5.32 Å². The molecule has 0 aromatic rings. The molecule has 2 rings (SSSR count). The fourth-order valence-corrected chi connectivity index (χ4v) is 3.54. The number of rotatable bonds is 3. The zero-order chi connectivity index (χ0) is 13.5. The molecule has 2 saturated carbocycles. The van der Waals surface area contributed by atoms with Crippen LogP contribution in [0.4, 0.5) is 0 Å². The maximum atomic E-state index is 12.3. The summed E-state index contributed by atoms with van der Waals surface area (Å²) in [4.78, 5) is 12.3. The van der Waals surface area contributed by atoms with E-state index in [2.05, 4.69) is 11.4 Å². The van der Waals surface area contributed by atoms with Crippen LogP contribution in [0.1, 0.15) is 70.6 Å². The lowest BCUT2D eigenvalue weighted by molar-refractivity contribution is -0.126. The third-order valence-corrected chi connectivity index (χ3v) is 4.78. The molecule has 0 aromatic heterocycles. The number of nitrogens with one attached hydrogen (secondary N) is 1. The van der Waals surface area contributed by atoms with Crippen molar-refractivity contribution in [1.29, 1.82) is 5.26 Å². The average molecular weight is 262 g/mol. The zero-order valence-corrected chi connectivity index (χ0v) is 11.9. The van der Waals surface area contributed by atoms with Gasteiger partial charge < -0.3 is 5.32 Å². The fraction of sp³-hybridized carbons (Fsp3) is 0.875. The van der Waals surface area contributed by atoms with Crippen LogP contribution >= 0.6 is 0 Å². The molecule has 0 bridgehead atoms. The van der Waals surface area contributed by atoms with Gasteiger partial charge in [-0.3, -0.25) is 4.79 Å². The van der Waals surface area contributed by atoms with Gasteiger partial charge in [0.05, 0.1) is 6.07 Å². The van der Waals surface area contributed by atoms with Crippen molar-refractivity contribution in [3.63, 3.8) is 0 Å². The molecular formula is C16H26N2O. The highest BCUT2D eigenvalue weighted by molar-refractivity contribution is 5.79. The van der Waals surface area contributed by atoms with Gasteiger partial charge in [0.1, 0.15) is 6.04 Å². The molecule has 106 valence electrons. The molecular weight excluding hydrogens is 236 g/mol. The Morgan fingerprint density at radius 2 is 1.47 bits per heavy atom. The van der Waals surface area contributed by atoms with Gasteiger partial charge in [-0.15, -0.1) is 0 Å². The Balaban J connectivity index is 1.86. The number of carbonyl (C=O) groups excluding carboxylic acids is 1. The summed E-state index contributed by atoms with van der Waals surface area (Å²) in [6.07, 6.45) is 12.8. The van der Waals surface area contributed by atoms with Gasteiger partial charge in [0.15, 0.2) is 0 Å². The van der Waals surface area contributed by atoms with E-state index in [1.54, 1.807) is 0 Å². The Bertz CT molecular complexity index is 320. The highest BCUT2D eigenvalue weighted by Crippen LogP contribution is 2.27. The second kappa shape index (κ2) is 7.53. The minimum absolute atomic E-state index is 0.138. The second-order valence-corrected chi connectivity index (χ2v) is 6.20. The van der Waals surface area contributed by atoms with Gasteiger partial charge in [-0.05, 0) is 31.6 Å². The van der Waals surface area contributed by atoms with Crippen LogP contribution in [0.15, 0.2) is 0 Å². The van der Waals surface area contributed by atoms with Crippen molar-refractivity contribution < 1.29 is 4.79 Å². The molecule has 2 aliphatic rings. The van der Waals surface area contributed by atoms with Gasteiger partial charge in [-0.25, -0.2) is 0 Å². The first-order valence-electron chi connectivity index (χ1n) is 8.01. The molecule has 19 heavy (non-hydrogen) atoms. The SMILES string of the molecule is N#CC(NC(=O)C1CCCCCC1)C1CCCCC1. The van der Waals surface area contributed by atoms with Crippen molar-refractivity contribution in [3.05, 3.63) is 0 Å². The van der Waals surface area contributed by atoms with Gasteiger partial charge >= 0.3 is 0 Å². The summed E-state index contributed by atoms with van der Waals surface area (Å²) in [5, 5.41) is 12.4. The van der Waals surface area contributed by atoms with E-state index >= 15 is 0 Å². The van der Waals surface area contributed by atoms with Gasteiger partial charge in [0.25, 0.3) is 0 Å². The number of carbonyl (C=O) groups is 1. The molecule has 0 aromatic carbocycles. The lowest BCUT2D eigenvalue weighted by Gasteiger charge is -2.27. The quantitative estimate of drug-likeness (QED) is 0.791. The van der Waals surface area contributed by atoms with Crippen molar-refractivity contribution in [2.45, 2.75) is 76.7 Å². The number of nitriles is 1. The molecule has 3 nitrogen and oxygen atoms in total. The summed E-state index contributed by atoms with van der Waals surface area (Å²) in [7, 11) is 0. The molecule has 0 spiro atoms. The third-order valence-electron chi connectivity index (χ3n) is 4.78. The van der Waals surface area contributed by atoms with Gasteiger partial charge in [0.2, 0.25) is 5.91 Å². The number of hydrogen-bond donors (Lipinski definition) is 1. The Morgan fingerprint density at radius 1 is 0.947 bits per heavy atom. The summed E-state index contributed by atoms with van der Waals surface area (Å²) < 4.78 is 0. The molecule has 0 aliphatic heterocycles. The number of hydrogen-bond acceptors (Lipinski definition) is 2. The zero-order valence-electron chi connectivity index (χ0n) is 11.9. The minimum atomic E-state index is -0.254. The van der Waals surface area contributed by atoms with Crippen LogP contribution in [0.5, 0.6) is 0 Å². The average Bonchev–Trinajstić information content (AvgIpc) is 2.74. The van der Waals surface area contributed by atoms with E-state index in [4.69, 9.17) is 0 Å². The van der Waals surface area contributed by atoms with Crippen LogP contribution in [0, 0.1) is 23.2 Å². The Kier molecular flexibility index (Phi) is 5.69. The van der Waals surface area contributed by atoms with Gasteiger partial charge in [-0.2, -0.15) is 5.26 Å². The summed E-state index contributed by atoms with van der Waals surface area (Å²) in [5.41, 5.74) is 0. The smallest absolute Gasteiger partial charge is 0.224 e. The summed E-state index contributed by atoms with van der Waals surface area (Å²) in [6.45, 7) is 0. The molecule has 2 fully saturated rings. The molecule has 1 amide bonds. The van der Waals surface area contributed by atoms with Crippen molar-refractivity contribution in [1.82, 2.24) is 5.32 Å². The number of nitrogens with zero attached hydrogens (tertiary/aromatic N) is 1. The Hall–Kier alpha value is -1.04. The highest BCUT2D eigenvalue weighted by Gasteiger charge is 2.28. The first kappa shape index (κ1) is 14.4. The first-order valence-corrected chi connectivity index (χ1v) is 8.01. The first-order chi connectivity index (χ1) is 9.31. The van der Waals surface area contributed by atoms with E-state index in [0.717, 1.165) is 25.7 Å². The summed E-state index contributed by atoms with van der Waals surface area (Å²) >= 11 is 0. The Morgan fingerprint density at radius 3 is 2.05 bits per heavy atom. The Labute approximate surface area is 116 Å². The molecule has 3 heteroatoms. The van der Waals surface area contributed by atoms with Crippen molar-refractivity contribution in [2.75, 3.05) is 0 Å².